The average Bonchev–Trinajstić information content (AvgIpc) is 2.26. The fraction of sp³-hybridized carbons (Fsp3) is 1.00. The lowest BCUT2D eigenvalue weighted by atomic mass is 9.91. The summed E-state index contributed by atoms with van der Waals surface area (Å²) in [6.45, 7) is 9.09. The molecule has 0 aromatic heterocycles. The van der Waals surface area contributed by atoms with Crippen LogP contribution in [0.15, 0.2) is 0 Å². The fourth-order valence-electron chi connectivity index (χ4n) is 2.14. The van der Waals surface area contributed by atoms with Crippen molar-refractivity contribution in [1.82, 2.24) is 4.90 Å². The zero-order valence-corrected chi connectivity index (χ0v) is 7.42. The van der Waals surface area contributed by atoms with Crippen LogP contribution in [0.5, 0.6) is 0 Å². The second kappa shape index (κ2) is 2.76. The summed E-state index contributed by atoms with van der Waals surface area (Å²) in [4.78, 5) is 2.56. The van der Waals surface area contributed by atoms with Crippen LogP contribution >= 0.6 is 0 Å². The molecule has 0 saturated carbocycles. The number of rotatable bonds is 2. The first-order valence-electron chi connectivity index (χ1n) is 4.59. The summed E-state index contributed by atoms with van der Waals surface area (Å²) >= 11 is 0. The van der Waals surface area contributed by atoms with Crippen LogP contribution in [0, 0.1) is 11.8 Å². The molecule has 0 aliphatic carbocycles. The van der Waals surface area contributed by atoms with Crippen LogP contribution in [0.4, 0.5) is 0 Å². The molecule has 0 aromatic rings. The minimum absolute atomic E-state index is 0.775. The van der Waals surface area contributed by atoms with Crippen LogP contribution in [-0.4, -0.2) is 37.2 Å². The van der Waals surface area contributed by atoms with Crippen molar-refractivity contribution >= 4 is 0 Å². The van der Waals surface area contributed by atoms with Gasteiger partial charge in [-0.1, -0.05) is 13.8 Å². The van der Waals surface area contributed by atoms with Gasteiger partial charge in [0.15, 0.2) is 0 Å². The van der Waals surface area contributed by atoms with Crippen LogP contribution in [0.3, 0.4) is 0 Å². The third kappa shape index (κ3) is 1.30. The number of likely N-dealkylation sites (tertiary alicyclic amines) is 1. The van der Waals surface area contributed by atoms with Crippen LogP contribution in [0.25, 0.3) is 0 Å². The minimum Gasteiger partial charge on any atom is -0.379 e. The van der Waals surface area contributed by atoms with Gasteiger partial charge in [-0.05, 0) is 5.92 Å². The van der Waals surface area contributed by atoms with E-state index in [1.165, 1.54) is 13.1 Å². The van der Waals surface area contributed by atoms with Crippen molar-refractivity contribution < 1.29 is 4.74 Å². The van der Waals surface area contributed by atoms with Crippen LogP contribution in [0.2, 0.25) is 0 Å². The lowest BCUT2D eigenvalue weighted by molar-refractivity contribution is 0.0397. The summed E-state index contributed by atoms with van der Waals surface area (Å²) in [6, 6.07) is 0.775. The monoisotopic (exact) mass is 155 g/mol. The van der Waals surface area contributed by atoms with E-state index in [0.717, 1.165) is 31.1 Å². The average molecular weight is 155 g/mol. The molecular weight excluding hydrogens is 138 g/mol. The van der Waals surface area contributed by atoms with Crippen molar-refractivity contribution in [2.45, 2.75) is 19.9 Å². The normalized spacial score (nSPS) is 37.4. The number of hydrogen-bond donors (Lipinski definition) is 0. The third-order valence-electron chi connectivity index (χ3n) is 2.70. The summed E-state index contributed by atoms with van der Waals surface area (Å²) in [5.41, 5.74) is 0. The SMILES string of the molecule is CC(C)CN1C[C@@H]2COCC21. The molecule has 2 heterocycles. The first-order valence-corrected chi connectivity index (χ1v) is 4.59. The molecule has 0 amide bonds. The molecule has 0 N–H and O–H groups in total. The van der Waals surface area contributed by atoms with Crippen LogP contribution in [0.1, 0.15) is 13.8 Å². The van der Waals surface area contributed by atoms with E-state index in [4.69, 9.17) is 4.74 Å². The van der Waals surface area contributed by atoms with Gasteiger partial charge in [0, 0.05) is 25.0 Å². The molecule has 2 nitrogen and oxygen atoms in total. The largest absolute Gasteiger partial charge is 0.379 e. The lowest BCUT2D eigenvalue weighted by Gasteiger charge is -2.43. The highest BCUT2D eigenvalue weighted by atomic mass is 16.5. The summed E-state index contributed by atoms with van der Waals surface area (Å²) in [6.07, 6.45) is 0. The van der Waals surface area contributed by atoms with Crippen molar-refractivity contribution in [3.63, 3.8) is 0 Å². The predicted octanol–water partition coefficient (Wildman–Crippen LogP) is 0.973. The summed E-state index contributed by atoms with van der Waals surface area (Å²) in [5, 5.41) is 0. The Labute approximate surface area is 68.5 Å². The maximum absolute atomic E-state index is 5.40. The third-order valence-corrected chi connectivity index (χ3v) is 2.70. The van der Waals surface area contributed by atoms with Crippen LogP contribution < -0.4 is 0 Å². The number of ether oxygens (including phenoxy) is 1. The standard InChI is InChI=1S/C9H17NO/c1-7(2)3-10-4-8-5-11-6-9(8)10/h7-9H,3-6H2,1-2H3/t8-,9?/m1/s1. The van der Waals surface area contributed by atoms with Crippen molar-refractivity contribution in [2.24, 2.45) is 11.8 Å². The Morgan fingerprint density at radius 3 is 2.91 bits per heavy atom. The Hall–Kier alpha value is -0.0800. The predicted molar refractivity (Wildman–Crippen MR) is 44.5 cm³/mol. The van der Waals surface area contributed by atoms with Gasteiger partial charge in [0.2, 0.25) is 0 Å². The molecule has 2 atom stereocenters. The van der Waals surface area contributed by atoms with E-state index >= 15 is 0 Å². The fourth-order valence-corrected chi connectivity index (χ4v) is 2.14. The van der Waals surface area contributed by atoms with Crippen LogP contribution in [-0.2, 0) is 4.74 Å². The van der Waals surface area contributed by atoms with Crippen molar-refractivity contribution in [3.05, 3.63) is 0 Å². The first-order chi connectivity index (χ1) is 5.27. The molecule has 0 bridgehead atoms. The Bertz CT molecular complexity index is 146. The zero-order chi connectivity index (χ0) is 7.84. The van der Waals surface area contributed by atoms with Gasteiger partial charge < -0.3 is 4.74 Å². The highest BCUT2D eigenvalue weighted by Crippen LogP contribution is 2.30. The minimum atomic E-state index is 0.775. The van der Waals surface area contributed by atoms with Gasteiger partial charge >= 0.3 is 0 Å². The van der Waals surface area contributed by atoms with E-state index in [1.807, 2.05) is 0 Å². The molecule has 0 radical (unpaired) electrons. The molecule has 2 aliphatic rings. The Morgan fingerprint density at radius 1 is 1.45 bits per heavy atom. The van der Waals surface area contributed by atoms with Crippen molar-refractivity contribution in [1.29, 1.82) is 0 Å². The molecule has 2 heteroatoms. The number of nitrogens with zero attached hydrogens (tertiary/aromatic N) is 1. The summed E-state index contributed by atoms with van der Waals surface area (Å²) in [5.74, 6) is 1.67. The summed E-state index contributed by atoms with van der Waals surface area (Å²) in [7, 11) is 0. The molecule has 1 unspecified atom stereocenters. The number of fused-ring (bicyclic) bond motifs is 1. The molecule has 64 valence electrons. The van der Waals surface area contributed by atoms with Crippen molar-refractivity contribution in [3.8, 4) is 0 Å². The van der Waals surface area contributed by atoms with Gasteiger partial charge in [-0.3, -0.25) is 4.90 Å². The van der Waals surface area contributed by atoms with Gasteiger partial charge in [-0.25, -0.2) is 0 Å². The molecule has 0 aromatic carbocycles. The van der Waals surface area contributed by atoms with E-state index in [1.54, 1.807) is 0 Å². The lowest BCUT2D eigenvalue weighted by Crippen LogP contribution is -2.56. The molecule has 2 rings (SSSR count). The quantitative estimate of drug-likeness (QED) is 0.589. The van der Waals surface area contributed by atoms with E-state index < -0.39 is 0 Å². The first kappa shape index (κ1) is 7.56. The van der Waals surface area contributed by atoms with E-state index in [0.29, 0.717) is 0 Å². The van der Waals surface area contributed by atoms with E-state index in [2.05, 4.69) is 18.7 Å². The highest BCUT2D eigenvalue weighted by Gasteiger charge is 2.42. The Balaban J connectivity index is 1.81. The van der Waals surface area contributed by atoms with Gasteiger partial charge in [-0.15, -0.1) is 0 Å². The second-order valence-electron chi connectivity index (χ2n) is 4.21. The topological polar surface area (TPSA) is 12.5 Å². The number of hydrogen-bond acceptors (Lipinski definition) is 2. The molecule has 11 heavy (non-hydrogen) atoms. The molecule has 2 aliphatic heterocycles. The molecule has 0 spiro atoms. The second-order valence-corrected chi connectivity index (χ2v) is 4.21. The Kier molecular flexibility index (Phi) is 1.90. The highest BCUT2D eigenvalue weighted by molar-refractivity contribution is 4.95. The maximum Gasteiger partial charge on any atom is 0.0626 e. The smallest absolute Gasteiger partial charge is 0.0626 e. The van der Waals surface area contributed by atoms with Gasteiger partial charge in [0.05, 0.1) is 13.2 Å². The van der Waals surface area contributed by atoms with E-state index in [9.17, 15) is 0 Å². The van der Waals surface area contributed by atoms with Gasteiger partial charge in [-0.2, -0.15) is 0 Å². The molecular formula is C9H17NO. The van der Waals surface area contributed by atoms with E-state index in [-0.39, 0.29) is 0 Å². The summed E-state index contributed by atoms with van der Waals surface area (Å²) < 4.78 is 5.40. The molecule has 2 saturated heterocycles. The van der Waals surface area contributed by atoms with Gasteiger partial charge in [0.1, 0.15) is 0 Å². The maximum atomic E-state index is 5.40. The van der Waals surface area contributed by atoms with Gasteiger partial charge in [0.25, 0.3) is 0 Å². The Morgan fingerprint density at radius 2 is 2.27 bits per heavy atom. The van der Waals surface area contributed by atoms with Crippen molar-refractivity contribution in [2.75, 3.05) is 26.3 Å². The zero-order valence-electron chi connectivity index (χ0n) is 7.42. The molecule has 2 fully saturated rings.